The standard InChI is InChI=1S/C18H20BrFO8/c1-8(21)25-16-14(24)17(26-9(2)22)18(27-10(3)23)28-15(16)11-4-5-13(20)12(6-11)7-19/h4-6,14-18,24H,7H2,1-3H3/t14-,15+,16-,17+,18?/m1/s1. The fourth-order valence-electron chi connectivity index (χ4n) is 2.87. The van der Waals surface area contributed by atoms with Gasteiger partial charge in [-0.05, 0) is 23.3 Å². The van der Waals surface area contributed by atoms with Crippen molar-refractivity contribution < 1.29 is 42.8 Å². The SMILES string of the molecule is CC(=O)OC1O[C@@H](c2ccc(F)c(CBr)c2)[C@H](OC(C)=O)[C@@H](O)[C@@H]1OC(C)=O. The van der Waals surface area contributed by atoms with E-state index in [-0.39, 0.29) is 5.33 Å². The van der Waals surface area contributed by atoms with Gasteiger partial charge in [0, 0.05) is 26.1 Å². The second-order valence-corrected chi connectivity index (χ2v) is 6.72. The number of aliphatic hydroxyl groups excluding tert-OH is 1. The number of alkyl halides is 1. The lowest BCUT2D eigenvalue weighted by Gasteiger charge is -2.42. The van der Waals surface area contributed by atoms with Gasteiger partial charge >= 0.3 is 17.9 Å². The van der Waals surface area contributed by atoms with Gasteiger partial charge in [-0.1, -0.05) is 22.0 Å². The van der Waals surface area contributed by atoms with Crippen LogP contribution in [0.4, 0.5) is 4.39 Å². The minimum atomic E-state index is -1.56. The second-order valence-electron chi connectivity index (χ2n) is 6.16. The Hall–Kier alpha value is -2.04. The zero-order chi connectivity index (χ0) is 21.0. The van der Waals surface area contributed by atoms with E-state index in [4.69, 9.17) is 18.9 Å². The van der Waals surface area contributed by atoms with Gasteiger partial charge in [0.05, 0.1) is 0 Å². The van der Waals surface area contributed by atoms with Crippen LogP contribution in [0.2, 0.25) is 0 Å². The Morgan fingerprint density at radius 3 is 2.18 bits per heavy atom. The maximum Gasteiger partial charge on any atom is 0.305 e. The van der Waals surface area contributed by atoms with Crippen LogP contribution >= 0.6 is 15.9 Å². The van der Waals surface area contributed by atoms with Crippen molar-refractivity contribution in [1.82, 2.24) is 0 Å². The highest BCUT2D eigenvalue weighted by molar-refractivity contribution is 9.08. The molecule has 1 heterocycles. The van der Waals surface area contributed by atoms with Gasteiger partial charge in [-0.15, -0.1) is 0 Å². The van der Waals surface area contributed by atoms with Crippen LogP contribution in [0, 0.1) is 5.82 Å². The molecule has 1 saturated heterocycles. The predicted molar refractivity (Wildman–Crippen MR) is 95.5 cm³/mol. The highest BCUT2D eigenvalue weighted by atomic mass is 79.9. The quantitative estimate of drug-likeness (QED) is 0.401. The van der Waals surface area contributed by atoms with Crippen molar-refractivity contribution in [3.05, 3.63) is 35.1 Å². The third-order valence-electron chi connectivity index (χ3n) is 3.95. The molecule has 0 amide bonds. The Kier molecular flexibility index (Phi) is 7.50. The van der Waals surface area contributed by atoms with E-state index in [0.717, 1.165) is 20.8 Å². The molecule has 1 aromatic carbocycles. The van der Waals surface area contributed by atoms with Crippen molar-refractivity contribution in [2.24, 2.45) is 0 Å². The van der Waals surface area contributed by atoms with E-state index < -0.39 is 54.4 Å². The average molecular weight is 463 g/mol. The van der Waals surface area contributed by atoms with Crippen molar-refractivity contribution in [3.63, 3.8) is 0 Å². The first-order valence-electron chi connectivity index (χ1n) is 8.33. The molecule has 1 aromatic rings. The Balaban J connectivity index is 2.47. The number of halogens is 2. The molecule has 1 N–H and O–H groups in total. The number of esters is 3. The molecular weight excluding hydrogens is 443 g/mol. The van der Waals surface area contributed by atoms with Gasteiger partial charge in [0.1, 0.15) is 18.0 Å². The number of hydrogen-bond acceptors (Lipinski definition) is 8. The number of hydrogen-bond donors (Lipinski definition) is 1. The van der Waals surface area contributed by atoms with Gasteiger partial charge in [-0.25, -0.2) is 4.39 Å². The van der Waals surface area contributed by atoms with Crippen LogP contribution in [-0.4, -0.2) is 47.6 Å². The van der Waals surface area contributed by atoms with Crippen LogP contribution in [0.25, 0.3) is 0 Å². The second kappa shape index (κ2) is 9.44. The molecule has 1 aliphatic rings. The number of benzene rings is 1. The van der Waals surface area contributed by atoms with Crippen molar-refractivity contribution in [3.8, 4) is 0 Å². The van der Waals surface area contributed by atoms with Gasteiger partial charge in [-0.3, -0.25) is 14.4 Å². The predicted octanol–water partition coefficient (Wildman–Crippen LogP) is 1.91. The lowest BCUT2D eigenvalue weighted by atomic mass is 9.92. The first-order valence-corrected chi connectivity index (χ1v) is 9.45. The summed E-state index contributed by atoms with van der Waals surface area (Å²) in [5.74, 6) is -2.67. The minimum Gasteiger partial charge on any atom is -0.456 e. The molecule has 0 aliphatic carbocycles. The summed E-state index contributed by atoms with van der Waals surface area (Å²) in [6.07, 6.45) is -6.83. The maximum atomic E-state index is 13.8. The summed E-state index contributed by atoms with van der Waals surface area (Å²) in [6, 6.07) is 4.06. The number of rotatable bonds is 5. The van der Waals surface area contributed by atoms with E-state index in [0.29, 0.717) is 11.1 Å². The summed E-state index contributed by atoms with van der Waals surface area (Å²) < 4.78 is 34.8. The van der Waals surface area contributed by atoms with Gasteiger partial charge in [-0.2, -0.15) is 0 Å². The molecule has 5 atom stereocenters. The summed E-state index contributed by atoms with van der Waals surface area (Å²) in [7, 11) is 0. The molecular formula is C18H20BrFO8. The van der Waals surface area contributed by atoms with Gasteiger partial charge < -0.3 is 24.1 Å². The van der Waals surface area contributed by atoms with E-state index in [1.807, 2.05) is 0 Å². The Bertz CT molecular complexity index is 755. The van der Waals surface area contributed by atoms with E-state index in [9.17, 15) is 23.9 Å². The molecule has 8 nitrogen and oxygen atoms in total. The van der Waals surface area contributed by atoms with Crippen molar-refractivity contribution in [1.29, 1.82) is 0 Å². The fourth-order valence-corrected chi connectivity index (χ4v) is 3.30. The lowest BCUT2D eigenvalue weighted by Crippen LogP contribution is -2.58. The van der Waals surface area contributed by atoms with E-state index >= 15 is 0 Å². The fraction of sp³-hybridized carbons (Fsp3) is 0.500. The minimum absolute atomic E-state index is 0.212. The van der Waals surface area contributed by atoms with E-state index in [2.05, 4.69) is 15.9 Å². The smallest absolute Gasteiger partial charge is 0.305 e. The molecule has 0 saturated carbocycles. The van der Waals surface area contributed by atoms with Crippen LogP contribution in [0.1, 0.15) is 38.0 Å². The van der Waals surface area contributed by atoms with Crippen LogP contribution in [0.5, 0.6) is 0 Å². The largest absolute Gasteiger partial charge is 0.456 e. The average Bonchev–Trinajstić information content (AvgIpc) is 2.60. The van der Waals surface area contributed by atoms with E-state index in [1.165, 1.54) is 18.2 Å². The molecule has 10 heteroatoms. The molecule has 1 fully saturated rings. The van der Waals surface area contributed by atoms with Crippen molar-refractivity contribution >= 4 is 33.8 Å². The van der Waals surface area contributed by atoms with Crippen LogP contribution in [0.15, 0.2) is 18.2 Å². The lowest BCUT2D eigenvalue weighted by molar-refractivity contribution is -0.296. The van der Waals surface area contributed by atoms with E-state index in [1.54, 1.807) is 0 Å². The zero-order valence-corrected chi connectivity index (χ0v) is 17.0. The molecule has 0 bridgehead atoms. The number of carbonyl (C=O) groups excluding carboxylic acids is 3. The Morgan fingerprint density at radius 2 is 1.64 bits per heavy atom. The third-order valence-corrected chi connectivity index (χ3v) is 4.55. The molecule has 2 rings (SSSR count). The molecule has 154 valence electrons. The zero-order valence-electron chi connectivity index (χ0n) is 15.4. The number of ether oxygens (including phenoxy) is 4. The normalized spacial score (nSPS) is 27.0. The summed E-state index contributed by atoms with van der Waals surface area (Å²) in [4.78, 5) is 34.4. The molecule has 28 heavy (non-hydrogen) atoms. The highest BCUT2D eigenvalue weighted by Crippen LogP contribution is 2.37. The monoisotopic (exact) mass is 462 g/mol. The molecule has 0 spiro atoms. The van der Waals surface area contributed by atoms with Gasteiger partial charge in [0.15, 0.2) is 12.2 Å². The Labute approximate surface area is 169 Å². The highest BCUT2D eigenvalue weighted by Gasteiger charge is 2.51. The third kappa shape index (κ3) is 5.27. The van der Waals surface area contributed by atoms with Crippen LogP contribution < -0.4 is 0 Å². The summed E-state index contributed by atoms with van der Waals surface area (Å²) in [5.41, 5.74) is 0.683. The summed E-state index contributed by atoms with van der Waals surface area (Å²) in [6.45, 7) is 3.36. The van der Waals surface area contributed by atoms with Gasteiger partial charge in [0.2, 0.25) is 6.29 Å². The molecule has 0 radical (unpaired) electrons. The summed E-state index contributed by atoms with van der Waals surface area (Å²) >= 11 is 3.17. The van der Waals surface area contributed by atoms with Gasteiger partial charge in [0.25, 0.3) is 0 Å². The number of aliphatic hydroxyl groups is 1. The van der Waals surface area contributed by atoms with Crippen LogP contribution in [-0.2, 0) is 38.7 Å². The summed E-state index contributed by atoms with van der Waals surface area (Å²) in [5, 5.41) is 10.9. The molecule has 0 aromatic heterocycles. The molecule has 1 aliphatic heterocycles. The maximum absolute atomic E-state index is 13.8. The topological polar surface area (TPSA) is 108 Å². The van der Waals surface area contributed by atoms with Crippen LogP contribution in [0.3, 0.4) is 0 Å². The Morgan fingerprint density at radius 1 is 1.07 bits per heavy atom. The van der Waals surface area contributed by atoms with Crippen molar-refractivity contribution in [2.45, 2.75) is 56.8 Å². The number of carbonyl (C=O) groups is 3. The first kappa shape index (κ1) is 22.3. The molecule has 1 unspecified atom stereocenters. The first-order chi connectivity index (χ1) is 13.1. The van der Waals surface area contributed by atoms with Crippen molar-refractivity contribution in [2.75, 3.05) is 0 Å².